The molecule has 2 amide bonds. The Labute approximate surface area is 154 Å². The van der Waals surface area contributed by atoms with Crippen LogP contribution in [-0.2, 0) is 15.1 Å². The number of halogens is 1. The molecule has 0 aromatic heterocycles. The van der Waals surface area contributed by atoms with Gasteiger partial charge in [-0.05, 0) is 30.7 Å². The smallest absolute Gasteiger partial charge is 0.248 e. The molecule has 2 aromatic rings. The van der Waals surface area contributed by atoms with E-state index in [0.29, 0.717) is 11.4 Å². The largest absolute Gasteiger partial charge is 0.326 e. The number of hydrogen-bond donors (Lipinski definition) is 3. The van der Waals surface area contributed by atoms with Crippen molar-refractivity contribution in [2.75, 3.05) is 10.6 Å². The first kappa shape index (κ1) is 20.7. The monoisotopic (exact) mass is 361 g/mol. The lowest BCUT2D eigenvalue weighted by Crippen LogP contribution is -2.45. The molecule has 0 bridgehead atoms. The molecule has 6 heteroatoms. The maximum atomic E-state index is 12.6. The first-order chi connectivity index (χ1) is 11.3. The Hall–Kier alpha value is -2.37. The number of nitrogens with one attached hydrogen (secondary N) is 2. The van der Waals surface area contributed by atoms with E-state index in [9.17, 15) is 9.59 Å². The van der Waals surface area contributed by atoms with Crippen LogP contribution in [-0.4, -0.2) is 11.8 Å². The van der Waals surface area contributed by atoms with E-state index < -0.39 is 5.54 Å². The zero-order valence-electron chi connectivity index (χ0n) is 14.6. The number of hydrogen-bond acceptors (Lipinski definition) is 3. The molecule has 0 aliphatic heterocycles. The van der Waals surface area contributed by atoms with E-state index in [4.69, 9.17) is 5.73 Å². The van der Waals surface area contributed by atoms with Crippen molar-refractivity contribution >= 4 is 35.6 Å². The van der Waals surface area contributed by atoms with Gasteiger partial charge in [0, 0.05) is 17.3 Å². The van der Waals surface area contributed by atoms with Crippen molar-refractivity contribution in [1.82, 2.24) is 0 Å². The highest BCUT2D eigenvalue weighted by Gasteiger charge is 2.30. The lowest BCUT2D eigenvalue weighted by atomic mass is 9.92. The van der Waals surface area contributed by atoms with Crippen LogP contribution in [0.15, 0.2) is 54.6 Å². The Morgan fingerprint density at radius 2 is 1.52 bits per heavy atom. The molecule has 0 heterocycles. The molecule has 0 aliphatic rings. The minimum absolute atomic E-state index is 0. The van der Waals surface area contributed by atoms with Crippen LogP contribution < -0.4 is 16.4 Å². The summed E-state index contributed by atoms with van der Waals surface area (Å²) in [5, 5.41) is 5.61. The molecule has 2 aromatic carbocycles. The van der Waals surface area contributed by atoms with Crippen LogP contribution in [0.4, 0.5) is 11.4 Å². The third-order valence-electron chi connectivity index (χ3n) is 3.76. The summed E-state index contributed by atoms with van der Waals surface area (Å²) in [7, 11) is 0. The summed E-state index contributed by atoms with van der Waals surface area (Å²) in [6, 6.07) is 16.2. The van der Waals surface area contributed by atoms with Crippen molar-refractivity contribution < 1.29 is 9.59 Å². The van der Waals surface area contributed by atoms with Gasteiger partial charge in [0.05, 0.1) is 0 Å². The molecule has 0 spiro atoms. The van der Waals surface area contributed by atoms with Gasteiger partial charge in [0.15, 0.2) is 0 Å². The highest BCUT2D eigenvalue weighted by molar-refractivity contribution is 5.99. The van der Waals surface area contributed by atoms with Gasteiger partial charge in [-0.2, -0.15) is 0 Å². The molecule has 0 saturated carbocycles. The molecule has 0 saturated heterocycles. The minimum Gasteiger partial charge on any atom is -0.326 e. The first-order valence-corrected chi connectivity index (χ1v) is 7.87. The number of carbonyl (C=O) groups is 2. The Kier molecular flexibility index (Phi) is 7.15. The maximum Gasteiger partial charge on any atom is 0.248 e. The lowest BCUT2D eigenvalue weighted by Gasteiger charge is -2.24. The molecule has 5 nitrogen and oxygen atoms in total. The summed E-state index contributed by atoms with van der Waals surface area (Å²) >= 11 is 0. The van der Waals surface area contributed by atoms with Gasteiger partial charge < -0.3 is 16.4 Å². The molecule has 0 radical (unpaired) electrons. The summed E-state index contributed by atoms with van der Waals surface area (Å²) in [6.07, 6.45) is 0. The van der Waals surface area contributed by atoms with Crippen LogP contribution in [0.1, 0.15) is 26.3 Å². The molecule has 1 atom stereocenters. The molecule has 134 valence electrons. The number of benzene rings is 2. The highest BCUT2D eigenvalue weighted by Crippen LogP contribution is 2.21. The number of carbonyl (C=O) groups excluding carboxylic acids is 2. The van der Waals surface area contributed by atoms with Crippen LogP contribution >= 0.6 is 12.4 Å². The molecule has 2 rings (SSSR count). The molecule has 4 N–H and O–H groups in total. The van der Waals surface area contributed by atoms with Gasteiger partial charge in [0.1, 0.15) is 5.54 Å². The fourth-order valence-electron chi connectivity index (χ4n) is 2.14. The third kappa shape index (κ3) is 5.31. The van der Waals surface area contributed by atoms with Gasteiger partial charge in [-0.1, -0.05) is 50.2 Å². The zero-order chi connectivity index (χ0) is 17.7. The third-order valence-corrected chi connectivity index (χ3v) is 3.76. The predicted octanol–water partition coefficient (Wildman–Crippen LogP) is 3.52. The number of amides is 2. The highest BCUT2D eigenvalue weighted by atomic mass is 35.5. The van der Waals surface area contributed by atoms with Crippen molar-refractivity contribution in [3.63, 3.8) is 0 Å². The van der Waals surface area contributed by atoms with E-state index in [1.54, 1.807) is 31.2 Å². The minimum atomic E-state index is -1.15. The topological polar surface area (TPSA) is 84.2 Å². The molecule has 25 heavy (non-hydrogen) atoms. The molecular weight excluding hydrogens is 338 g/mol. The fourth-order valence-corrected chi connectivity index (χ4v) is 2.14. The van der Waals surface area contributed by atoms with E-state index in [1.807, 2.05) is 44.2 Å². The van der Waals surface area contributed by atoms with Crippen LogP contribution in [0, 0.1) is 5.92 Å². The molecule has 0 aliphatic carbocycles. The van der Waals surface area contributed by atoms with E-state index >= 15 is 0 Å². The van der Waals surface area contributed by atoms with E-state index in [2.05, 4.69) is 10.6 Å². The number of anilines is 2. The average Bonchev–Trinajstić information content (AvgIpc) is 2.55. The summed E-state index contributed by atoms with van der Waals surface area (Å²) in [4.78, 5) is 24.3. The average molecular weight is 362 g/mol. The number of rotatable bonds is 5. The van der Waals surface area contributed by atoms with Crippen molar-refractivity contribution in [1.29, 1.82) is 0 Å². The summed E-state index contributed by atoms with van der Waals surface area (Å²) in [6.45, 7) is 5.31. The van der Waals surface area contributed by atoms with Crippen LogP contribution in [0.5, 0.6) is 0 Å². The standard InChI is InChI=1S/C19H23N3O2.ClH/c1-13(2)17(23)21-15-10-7-11-16(12-15)22-18(24)19(3,20)14-8-5-4-6-9-14;/h4-13H,20H2,1-3H3,(H,21,23)(H,22,24);1H. The van der Waals surface area contributed by atoms with Gasteiger partial charge in [0.25, 0.3) is 0 Å². The molecule has 0 fully saturated rings. The van der Waals surface area contributed by atoms with Gasteiger partial charge in [-0.25, -0.2) is 0 Å². The van der Waals surface area contributed by atoms with Gasteiger partial charge in [0.2, 0.25) is 11.8 Å². The lowest BCUT2D eigenvalue weighted by molar-refractivity contribution is -0.121. The quantitative estimate of drug-likeness (QED) is 0.761. The van der Waals surface area contributed by atoms with Crippen LogP contribution in [0.3, 0.4) is 0 Å². The second kappa shape index (κ2) is 8.65. The predicted molar refractivity (Wildman–Crippen MR) is 104 cm³/mol. The Balaban J connectivity index is 0.00000312. The second-order valence-corrected chi connectivity index (χ2v) is 6.25. The van der Waals surface area contributed by atoms with Gasteiger partial charge in [-0.15, -0.1) is 12.4 Å². The Bertz CT molecular complexity index is 730. The van der Waals surface area contributed by atoms with Crippen molar-refractivity contribution in [3.05, 3.63) is 60.2 Å². The van der Waals surface area contributed by atoms with Crippen LogP contribution in [0.25, 0.3) is 0 Å². The fraction of sp³-hybridized carbons (Fsp3) is 0.263. The maximum absolute atomic E-state index is 12.6. The zero-order valence-corrected chi connectivity index (χ0v) is 15.4. The first-order valence-electron chi connectivity index (χ1n) is 7.87. The van der Waals surface area contributed by atoms with Gasteiger partial charge in [-0.3, -0.25) is 9.59 Å². The van der Waals surface area contributed by atoms with Crippen molar-refractivity contribution in [3.8, 4) is 0 Å². The normalized spacial score (nSPS) is 12.7. The van der Waals surface area contributed by atoms with Crippen molar-refractivity contribution in [2.24, 2.45) is 11.7 Å². The Morgan fingerprint density at radius 1 is 0.960 bits per heavy atom. The summed E-state index contributed by atoms with van der Waals surface area (Å²) < 4.78 is 0. The van der Waals surface area contributed by atoms with Gasteiger partial charge >= 0.3 is 0 Å². The second-order valence-electron chi connectivity index (χ2n) is 6.25. The van der Waals surface area contributed by atoms with E-state index in [-0.39, 0.29) is 30.1 Å². The summed E-state index contributed by atoms with van der Waals surface area (Å²) in [5.74, 6) is -0.513. The Morgan fingerprint density at radius 3 is 2.08 bits per heavy atom. The molecule has 1 unspecified atom stereocenters. The molecular formula is C19H24ClN3O2. The van der Waals surface area contributed by atoms with Crippen LogP contribution in [0.2, 0.25) is 0 Å². The van der Waals surface area contributed by atoms with E-state index in [0.717, 1.165) is 5.56 Å². The van der Waals surface area contributed by atoms with E-state index in [1.165, 1.54) is 0 Å². The number of nitrogens with two attached hydrogens (primary N) is 1. The SMILES string of the molecule is CC(C)C(=O)Nc1cccc(NC(=O)C(C)(N)c2ccccc2)c1.Cl. The van der Waals surface area contributed by atoms with Crippen molar-refractivity contribution in [2.45, 2.75) is 26.3 Å². The summed E-state index contributed by atoms with van der Waals surface area (Å²) in [5.41, 5.74) is 6.99.